The Kier molecular flexibility index (Phi) is 4.23. The van der Waals surface area contributed by atoms with Gasteiger partial charge in [0.05, 0.1) is 5.56 Å². The van der Waals surface area contributed by atoms with Gasteiger partial charge in [-0.15, -0.1) is 0 Å². The quantitative estimate of drug-likeness (QED) is 0.858. The van der Waals surface area contributed by atoms with Crippen LogP contribution in [0.5, 0.6) is 0 Å². The van der Waals surface area contributed by atoms with Gasteiger partial charge in [0.15, 0.2) is 0 Å². The van der Waals surface area contributed by atoms with E-state index in [4.69, 9.17) is 0 Å². The van der Waals surface area contributed by atoms with Crippen LogP contribution >= 0.6 is 0 Å². The van der Waals surface area contributed by atoms with Gasteiger partial charge in [0.25, 0.3) is 0 Å². The molecule has 0 fully saturated rings. The molecule has 2 aromatic rings. The molecule has 0 saturated carbocycles. The van der Waals surface area contributed by atoms with Crippen molar-refractivity contribution in [3.8, 4) is 11.1 Å². The maximum atomic E-state index is 11.2. The number of aromatic carboxylic acids is 1. The molecule has 0 spiro atoms. The van der Waals surface area contributed by atoms with Crippen molar-refractivity contribution >= 4 is 5.97 Å². The van der Waals surface area contributed by atoms with Crippen LogP contribution in [0.1, 0.15) is 47.7 Å². The number of benzene rings is 2. The van der Waals surface area contributed by atoms with Gasteiger partial charge in [0, 0.05) is 0 Å². The molecule has 0 bridgehead atoms. The lowest BCUT2D eigenvalue weighted by Gasteiger charge is -2.10. The predicted octanol–water partition coefficient (Wildman–Crippen LogP) is 4.87. The summed E-state index contributed by atoms with van der Waals surface area (Å²) in [5.41, 5.74) is 4.48. The first-order chi connectivity index (χ1) is 9.52. The second-order valence-electron chi connectivity index (χ2n) is 5.27. The number of hydrogen-bond acceptors (Lipinski definition) is 1. The molecule has 20 heavy (non-hydrogen) atoms. The summed E-state index contributed by atoms with van der Waals surface area (Å²) in [6, 6.07) is 14.0. The Balaban J connectivity index is 2.37. The van der Waals surface area contributed by atoms with Crippen molar-refractivity contribution in [1.82, 2.24) is 0 Å². The predicted molar refractivity (Wildman–Crippen MR) is 82.3 cm³/mol. The highest BCUT2D eigenvalue weighted by molar-refractivity contribution is 5.91. The molecule has 0 radical (unpaired) electrons. The minimum atomic E-state index is -0.874. The van der Waals surface area contributed by atoms with E-state index < -0.39 is 5.97 Å². The number of carboxylic acids is 1. The van der Waals surface area contributed by atoms with Gasteiger partial charge in [-0.1, -0.05) is 50.2 Å². The van der Waals surface area contributed by atoms with Gasteiger partial charge >= 0.3 is 5.97 Å². The van der Waals surface area contributed by atoms with Gasteiger partial charge in [-0.3, -0.25) is 0 Å². The normalized spacial score (nSPS) is 12.2. The lowest BCUT2D eigenvalue weighted by molar-refractivity contribution is 0.0696. The lowest BCUT2D eigenvalue weighted by atomic mass is 9.95. The molecule has 0 aliphatic heterocycles. The van der Waals surface area contributed by atoms with Crippen molar-refractivity contribution in [2.75, 3.05) is 0 Å². The second-order valence-corrected chi connectivity index (χ2v) is 5.27. The van der Waals surface area contributed by atoms with Crippen LogP contribution in [0.25, 0.3) is 11.1 Å². The third-order valence-corrected chi connectivity index (χ3v) is 3.89. The molecule has 0 aliphatic rings. The summed E-state index contributed by atoms with van der Waals surface area (Å²) in [6.07, 6.45) is 1.12. The van der Waals surface area contributed by atoms with Crippen molar-refractivity contribution in [2.24, 2.45) is 0 Å². The van der Waals surface area contributed by atoms with Crippen molar-refractivity contribution in [1.29, 1.82) is 0 Å². The molecule has 2 heteroatoms. The fourth-order valence-electron chi connectivity index (χ4n) is 2.27. The molecule has 1 atom stereocenters. The zero-order valence-corrected chi connectivity index (χ0v) is 12.2. The highest BCUT2D eigenvalue weighted by Gasteiger charge is 2.09. The molecule has 2 rings (SSSR count). The first-order valence-electron chi connectivity index (χ1n) is 6.97. The van der Waals surface area contributed by atoms with E-state index in [2.05, 4.69) is 38.1 Å². The number of carboxylic acid groups (broad SMARTS) is 1. The fourth-order valence-corrected chi connectivity index (χ4v) is 2.27. The highest BCUT2D eigenvalue weighted by atomic mass is 16.4. The van der Waals surface area contributed by atoms with E-state index >= 15 is 0 Å². The summed E-state index contributed by atoms with van der Waals surface area (Å²) in [5.74, 6) is -0.322. The number of hydrogen-bond donors (Lipinski definition) is 1. The average molecular weight is 268 g/mol. The Labute approximate surface area is 120 Å². The number of rotatable bonds is 4. The van der Waals surface area contributed by atoms with Crippen LogP contribution in [0.3, 0.4) is 0 Å². The van der Waals surface area contributed by atoms with Gasteiger partial charge in [0.2, 0.25) is 0 Å². The maximum Gasteiger partial charge on any atom is 0.335 e. The van der Waals surface area contributed by atoms with Crippen LogP contribution in [0.4, 0.5) is 0 Å². The standard InChI is InChI=1S/C18H20O2/c1-4-12(2)14-7-9-15(10-8-14)16-6-5-13(3)17(11-16)18(19)20/h5-12H,4H2,1-3H3,(H,19,20). The monoisotopic (exact) mass is 268 g/mol. The largest absolute Gasteiger partial charge is 0.478 e. The Morgan fingerprint density at radius 1 is 1.10 bits per heavy atom. The van der Waals surface area contributed by atoms with E-state index in [1.54, 1.807) is 6.07 Å². The molecular weight excluding hydrogens is 248 g/mol. The van der Waals surface area contributed by atoms with E-state index in [0.717, 1.165) is 23.1 Å². The lowest BCUT2D eigenvalue weighted by Crippen LogP contribution is -1.99. The molecule has 1 unspecified atom stereocenters. The molecule has 0 aromatic heterocycles. The molecule has 1 N–H and O–H groups in total. The van der Waals surface area contributed by atoms with Crippen molar-refractivity contribution in [2.45, 2.75) is 33.1 Å². The smallest absolute Gasteiger partial charge is 0.335 e. The minimum absolute atomic E-state index is 0.369. The Morgan fingerprint density at radius 3 is 2.25 bits per heavy atom. The van der Waals surface area contributed by atoms with E-state index in [-0.39, 0.29) is 0 Å². The summed E-state index contributed by atoms with van der Waals surface area (Å²) >= 11 is 0. The fraction of sp³-hybridized carbons (Fsp3) is 0.278. The van der Waals surface area contributed by atoms with Crippen LogP contribution in [0.2, 0.25) is 0 Å². The SMILES string of the molecule is CCC(C)c1ccc(-c2ccc(C)c(C(=O)O)c2)cc1. The van der Waals surface area contributed by atoms with Gasteiger partial charge in [0.1, 0.15) is 0 Å². The summed E-state index contributed by atoms with van der Waals surface area (Å²) in [5, 5.41) is 9.19. The van der Waals surface area contributed by atoms with Crippen molar-refractivity contribution in [3.05, 3.63) is 59.2 Å². The molecule has 0 amide bonds. The molecule has 2 nitrogen and oxygen atoms in total. The number of carbonyl (C=O) groups is 1. The molecule has 0 saturated heterocycles. The summed E-state index contributed by atoms with van der Waals surface area (Å²) in [7, 11) is 0. The van der Waals surface area contributed by atoms with E-state index in [1.165, 1.54) is 5.56 Å². The van der Waals surface area contributed by atoms with Gasteiger partial charge < -0.3 is 5.11 Å². The van der Waals surface area contributed by atoms with Crippen molar-refractivity contribution in [3.63, 3.8) is 0 Å². The van der Waals surface area contributed by atoms with Gasteiger partial charge in [-0.05, 0) is 47.6 Å². The van der Waals surface area contributed by atoms with Crippen LogP contribution < -0.4 is 0 Å². The summed E-state index contributed by atoms with van der Waals surface area (Å²) < 4.78 is 0. The zero-order chi connectivity index (χ0) is 14.7. The third kappa shape index (κ3) is 2.90. The van der Waals surface area contributed by atoms with Crippen LogP contribution in [-0.4, -0.2) is 11.1 Å². The minimum Gasteiger partial charge on any atom is -0.478 e. The Bertz CT molecular complexity index is 612. The van der Waals surface area contributed by atoms with Crippen LogP contribution in [0, 0.1) is 6.92 Å². The second kappa shape index (κ2) is 5.91. The van der Waals surface area contributed by atoms with Crippen molar-refractivity contribution < 1.29 is 9.90 Å². The van der Waals surface area contributed by atoms with Crippen LogP contribution in [-0.2, 0) is 0 Å². The molecule has 104 valence electrons. The first kappa shape index (κ1) is 14.3. The van der Waals surface area contributed by atoms with Gasteiger partial charge in [-0.2, -0.15) is 0 Å². The van der Waals surface area contributed by atoms with Crippen LogP contribution in [0.15, 0.2) is 42.5 Å². The number of aryl methyl sites for hydroxylation is 1. The third-order valence-electron chi connectivity index (χ3n) is 3.89. The van der Waals surface area contributed by atoms with Gasteiger partial charge in [-0.25, -0.2) is 4.79 Å². The van der Waals surface area contributed by atoms with E-state index in [1.807, 2.05) is 19.1 Å². The summed E-state index contributed by atoms with van der Waals surface area (Å²) in [4.78, 5) is 11.2. The topological polar surface area (TPSA) is 37.3 Å². The highest BCUT2D eigenvalue weighted by Crippen LogP contribution is 2.25. The first-order valence-corrected chi connectivity index (χ1v) is 6.97. The average Bonchev–Trinajstić information content (AvgIpc) is 2.47. The molecule has 0 aliphatic carbocycles. The summed E-state index contributed by atoms with van der Waals surface area (Å²) in [6.45, 7) is 6.21. The molecule has 2 aromatic carbocycles. The maximum absolute atomic E-state index is 11.2. The molecular formula is C18H20O2. The van der Waals surface area contributed by atoms with E-state index in [0.29, 0.717) is 11.5 Å². The Morgan fingerprint density at radius 2 is 1.70 bits per heavy atom. The Hall–Kier alpha value is -2.09. The molecule has 0 heterocycles. The zero-order valence-electron chi connectivity index (χ0n) is 12.2. The van der Waals surface area contributed by atoms with E-state index in [9.17, 15) is 9.90 Å².